The lowest BCUT2D eigenvalue weighted by Crippen LogP contribution is -1.77. The third kappa shape index (κ3) is 1.00. The Labute approximate surface area is 65.2 Å². The number of aromatic amines is 1. The number of hydrogen-bond acceptors (Lipinski definition) is 1. The van der Waals surface area contributed by atoms with Crippen molar-refractivity contribution in [2.75, 3.05) is 0 Å². The van der Waals surface area contributed by atoms with E-state index in [4.69, 9.17) is 0 Å². The SMILES string of the molecule is CCc1ccc2[nH]ncc2c1. The molecule has 0 aliphatic heterocycles. The number of H-pyrrole nitrogens is 1. The third-order valence-corrected chi connectivity index (χ3v) is 1.91. The van der Waals surface area contributed by atoms with E-state index in [1.165, 1.54) is 10.9 Å². The molecule has 2 heteroatoms. The molecule has 0 bridgehead atoms. The van der Waals surface area contributed by atoms with Gasteiger partial charge in [0.25, 0.3) is 0 Å². The van der Waals surface area contributed by atoms with Crippen molar-refractivity contribution in [1.29, 1.82) is 0 Å². The lowest BCUT2D eigenvalue weighted by molar-refractivity contribution is 1.12. The Morgan fingerprint density at radius 3 is 3.18 bits per heavy atom. The van der Waals surface area contributed by atoms with Crippen LogP contribution in [0.5, 0.6) is 0 Å². The largest absolute Gasteiger partial charge is 0.278 e. The van der Waals surface area contributed by atoms with Gasteiger partial charge in [-0.25, -0.2) is 0 Å². The molecule has 0 atom stereocenters. The van der Waals surface area contributed by atoms with Crippen molar-refractivity contribution < 1.29 is 0 Å². The Morgan fingerprint density at radius 1 is 1.45 bits per heavy atom. The zero-order valence-electron chi connectivity index (χ0n) is 6.46. The van der Waals surface area contributed by atoms with Crippen LogP contribution in [0.2, 0.25) is 0 Å². The first kappa shape index (κ1) is 6.40. The molecule has 1 aromatic heterocycles. The van der Waals surface area contributed by atoms with Gasteiger partial charge in [-0.05, 0) is 24.1 Å². The summed E-state index contributed by atoms with van der Waals surface area (Å²) >= 11 is 0. The summed E-state index contributed by atoms with van der Waals surface area (Å²) in [5.74, 6) is 0. The van der Waals surface area contributed by atoms with Gasteiger partial charge >= 0.3 is 0 Å². The third-order valence-electron chi connectivity index (χ3n) is 1.91. The number of aromatic nitrogens is 2. The van der Waals surface area contributed by atoms with Gasteiger partial charge < -0.3 is 0 Å². The average molecular weight is 146 g/mol. The molecule has 2 nitrogen and oxygen atoms in total. The van der Waals surface area contributed by atoms with Crippen LogP contribution in [0.25, 0.3) is 10.9 Å². The van der Waals surface area contributed by atoms with Crippen molar-refractivity contribution in [3.8, 4) is 0 Å². The highest BCUT2D eigenvalue weighted by atomic mass is 15.1. The summed E-state index contributed by atoms with van der Waals surface area (Å²) in [6, 6.07) is 6.36. The monoisotopic (exact) mass is 146 g/mol. The topological polar surface area (TPSA) is 28.7 Å². The fraction of sp³-hybridized carbons (Fsp3) is 0.222. The molecule has 0 unspecified atom stereocenters. The van der Waals surface area contributed by atoms with Gasteiger partial charge in [0.2, 0.25) is 0 Å². The maximum absolute atomic E-state index is 3.95. The van der Waals surface area contributed by atoms with Crippen molar-refractivity contribution in [3.05, 3.63) is 30.0 Å². The molecule has 0 radical (unpaired) electrons. The van der Waals surface area contributed by atoms with Crippen molar-refractivity contribution in [2.45, 2.75) is 13.3 Å². The second-order valence-electron chi connectivity index (χ2n) is 2.65. The molecule has 0 saturated heterocycles. The smallest absolute Gasteiger partial charge is 0.0650 e. The summed E-state index contributed by atoms with van der Waals surface area (Å²) in [7, 11) is 0. The molecule has 0 amide bonds. The summed E-state index contributed by atoms with van der Waals surface area (Å²) in [5, 5.41) is 8.07. The number of benzene rings is 1. The normalized spacial score (nSPS) is 10.6. The van der Waals surface area contributed by atoms with Gasteiger partial charge in [-0.15, -0.1) is 0 Å². The minimum absolute atomic E-state index is 1.08. The van der Waals surface area contributed by atoms with Gasteiger partial charge in [-0.3, -0.25) is 5.10 Å². The van der Waals surface area contributed by atoms with Crippen LogP contribution < -0.4 is 0 Å². The fourth-order valence-corrected chi connectivity index (χ4v) is 1.21. The van der Waals surface area contributed by atoms with Crippen molar-refractivity contribution in [1.82, 2.24) is 10.2 Å². The van der Waals surface area contributed by atoms with Crippen molar-refractivity contribution in [3.63, 3.8) is 0 Å². The van der Waals surface area contributed by atoms with Crippen molar-refractivity contribution in [2.24, 2.45) is 0 Å². The van der Waals surface area contributed by atoms with Crippen LogP contribution in [0.1, 0.15) is 12.5 Å². The van der Waals surface area contributed by atoms with Gasteiger partial charge in [0, 0.05) is 5.39 Å². The van der Waals surface area contributed by atoms with E-state index >= 15 is 0 Å². The molecule has 11 heavy (non-hydrogen) atoms. The fourth-order valence-electron chi connectivity index (χ4n) is 1.21. The molecule has 1 N–H and O–H groups in total. The average Bonchev–Trinajstić information content (AvgIpc) is 2.50. The molecule has 0 aliphatic carbocycles. The van der Waals surface area contributed by atoms with E-state index in [0.29, 0.717) is 0 Å². The van der Waals surface area contributed by atoms with E-state index in [-0.39, 0.29) is 0 Å². The number of nitrogens with one attached hydrogen (secondary N) is 1. The van der Waals surface area contributed by atoms with E-state index in [9.17, 15) is 0 Å². The maximum Gasteiger partial charge on any atom is 0.0650 e. The Morgan fingerprint density at radius 2 is 2.36 bits per heavy atom. The molecule has 1 aromatic carbocycles. The second-order valence-corrected chi connectivity index (χ2v) is 2.65. The summed E-state index contributed by atoms with van der Waals surface area (Å²) in [6.45, 7) is 2.15. The molecule has 0 spiro atoms. The number of rotatable bonds is 1. The highest BCUT2D eigenvalue weighted by Gasteiger charge is 1.94. The zero-order chi connectivity index (χ0) is 7.68. The van der Waals surface area contributed by atoms with Gasteiger partial charge in [0.1, 0.15) is 0 Å². The van der Waals surface area contributed by atoms with E-state index in [0.717, 1.165) is 11.9 Å². The molecule has 1 heterocycles. The highest BCUT2D eigenvalue weighted by Crippen LogP contribution is 2.12. The predicted molar refractivity (Wildman–Crippen MR) is 45.5 cm³/mol. The van der Waals surface area contributed by atoms with E-state index in [1.807, 2.05) is 6.20 Å². The van der Waals surface area contributed by atoms with E-state index in [1.54, 1.807) is 0 Å². The summed E-state index contributed by atoms with van der Waals surface area (Å²) in [6.07, 6.45) is 2.94. The van der Waals surface area contributed by atoms with Gasteiger partial charge in [0.05, 0.1) is 11.7 Å². The first-order chi connectivity index (χ1) is 5.40. The minimum atomic E-state index is 1.08. The number of nitrogens with zero attached hydrogens (tertiary/aromatic N) is 1. The predicted octanol–water partition coefficient (Wildman–Crippen LogP) is 2.13. The quantitative estimate of drug-likeness (QED) is 0.656. The van der Waals surface area contributed by atoms with Gasteiger partial charge in [0.15, 0.2) is 0 Å². The van der Waals surface area contributed by atoms with Crippen LogP contribution in [-0.2, 0) is 6.42 Å². The number of hydrogen-bond donors (Lipinski definition) is 1. The lowest BCUT2D eigenvalue weighted by atomic mass is 10.1. The first-order valence-electron chi connectivity index (χ1n) is 3.82. The number of fused-ring (bicyclic) bond motifs is 1. The summed E-state index contributed by atoms with van der Waals surface area (Å²) < 4.78 is 0. The van der Waals surface area contributed by atoms with E-state index < -0.39 is 0 Å². The van der Waals surface area contributed by atoms with Gasteiger partial charge in [-0.1, -0.05) is 13.0 Å². The Bertz CT molecular complexity index is 362. The number of aryl methyl sites for hydroxylation is 1. The standard InChI is InChI=1S/C9H10N2/c1-2-7-3-4-9-8(5-7)6-10-11-9/h3-6H,2H2,1H3,(H,10,11). The molecular weight excluding hydrogens is 136 g/mol. The molecular formula is C9H10N2. The minimum Gasteiger partial charge on any atom is -0.278 e. The van der Waals surface area contributed by atoms with Crippen LogP contribution >= 0.6 is 0 Å². The first-order valence-corrected chi connectivity index (χ1v) is 3.82. The molecule has 0 saturated carbocycles. The zero-order valence-corrected chi connectivity index (χ0v) is 6.46. The Kier molecular flexibility index (Phi) is 1.39. The second kappa shape index (κ2) is 2.38. The molecule has 0 aliphatic rings. The Balaban J connectivity index is 2.67. The summed E-state index contributed by atoms with van der Waals surface area (Å²) in [4.78, 5) is 0. The summed E-state index contributed by atoms with van der Waals surface area (Å²) in [5.41, 5.74) is 2.47. The van der Waals surface area contributed by atoms with Crippen LogP contribution in [-0.4, -0.2) is 10.2 Å². The van der Waals surface area contributed by atoms with Gasteiger partial charge in [-0.2, -0.15) is 5.10 Å². The van der Waals surface area contributed by atoms with E-state index in [2.05, 4.69) is 35.3 Å². The Hall–Kier alpha value is -1.31. The molecule has 2 rings (SSSR count). The molecule has 56 valence electrons. The van der Waals surface area contributed by atoms with Crippen LogP contribution in [0.15, 0.2) is 24.4 Å². The van der Waals surface area contributed by atoms with Crippen LogP contribution in [0, 0.1) is 0 Å². The van der Waals surface area contributed by atoms with Crippen molar-refractivity contribution >= 4 is 10.9 Å². The maximum atomic E-state index is 3.95. The molecule has 0 fully saturated rings. The lowest BCUT2D eigenvalue weighted by Gasteiger charge is -1.93. The molecule has 2 aromatic rings. The highest BCUT2D eigenvalue weighted by molar-refractivity contribution is 5.78. The van der Waals surface area contributed by atoms with Crippen LogP contribution in [0.4, 0.5) is 0 Å². The van der Waals surface area contributed by atoms with Crippen LogP contribution in [0.3, 0.4) is 0 Å².